The second kappa shape index (κ2) is 6.50. The first-order valence-corrected chi connectivity index (χ1v) is 8.49. The Hall–Kier alpha value is 0.360. The van der Waals surface area contributed by atoms with E-state index in [1.54, 1.807) is 16.9 Å². The van der Waals surface area contributed by atoms with Crippen LogP contribution in [0.2, 0.25) is 0 Å². The lowest BCUT2D eigenvalue weighted by atomic mass is 10.0. The number of nitrogens with one attached hydrogen (secondary N) is 1. The third kappa shape index (κ3) is 3.43. The predicted molar refractivity (Wildman–Crippen MR) is 82.7 cm³/mol. The average Bonchev–Trinajstić information content (AvgIpc) is 2.90. The molecule has 0 saturated carbocycles. The summed E-state index contributed by atoms with van der Waals surface area (Å²) in [6, 6.07) is 2.63. The molecule has 0 fully saturated rings. The van der Waals surface area contributed by atoms with Gasteiger partial charge in [0.05, 0.1) is 13.6 Å². The zero-order chi connectivity index (χ0) is 12.3. The van der Waals surface area contributed by atoms with Crippen LogP contribution in [0.3, 0.4) is 0 Å². The van der Waals surface area contributed by atoms with E-state index in [9.17, 15) is 0 Å². The smallest absolute Gasteiger partial charge is 0.0761 e. The van der Waals surface area contributed by atoms with Crippen LogP contribution in [-0.4, -0.2) is 6.54 Å². The largest absolute Gasteiger partial charge is 0.306 e. The number of halogens is 2. The van der Waals surface area contributed by atoms with Gasteiger partial charge in [0.1, 0.15) is 0 Å². The molecule has 0 aliphatic heterocycles. The monoisotopic (exact) mass is 377 g/mol. The molecule has 1 aliphatic rings. The highest BCUT2D eigenvalue weighted by molar-refractivity contribution is 9.12. The van der Waals surface area contributed by atoms with Gasteiger partial charge in [-0.05, 0) is 75.7 Å². The first-order chi connectivity index (χ1) is 8.22. The van der Waals surface area contributed by atoms with Crippen molar-refractivity contribution in [1.82, 2.24) is 5.32 Å². The Balaban J connectivity index is 2.22. The normalized spacial score (nSPS) is 17.2. The molecule has 1 aromatic rings. The van der Waals surface area contributed by atoms with Crippen molar-refractivity contribution in [2.75, 3.05) is 6.54 Å². The molecule has 0 aromatic carbocycles. The van der Waals surface area contributed by atoms with E-state index in [1.807, 2.05) is 0 Å². The topological polar surface area (TPSA) is 12.0 Å². The van der Waals surface area contributed by atoms with Gasteiger partial charge in [0.15, 0.2) is 0 Å². The fourth-order valence-corrected chi connectivity index (χ4v) is 5.14. The van der Waals surface area contributed by atoms with Crippen LogP contribution in [0.5, 0.6) is 0 Å². The Bertz CT molecular complexity index is 412. The van der Waals surface area contributed by atoms with Crippen LogP contribution in [0.1, 0.15) is 44.2 Å². The van der Waals surface area contributed by atoms with Crippen molar-refractivity contribution in [3.8, 4) is 0 Å². The summed E-state index contributed by atoms with van der Waals surface area (Å²) < 4.78 is 2.44. The van der Waals surface area contributed by atoms with Crippen molar-refractivity contribution in [2.45, 2.75) is 38.6 Å². The van der Waals surface area contributed by atoms with Crippen LogP contribution in [0.25, 0.3) is 0 Å². The standard InChI is InChI=1S/C13H17Br2NS/c1-2-7-16-12(9-5-3-4-6-9)10-8-11(14)17-13(10)15/h5,8,12,16H,2-4,6-7H2,1H3. The van der Waals surface area contributed by atoms with Crippen LogP contribution < -0.4 is 5.32 Å². The number of rotatable bonds is 5. The van der Waals surface area contributed by atoms with Crippen LogP contribution in [-0.2, 0) is 0 Å². The second-order valence-corrected chi connectivity index (χ2v) is 8.09. The van der Waals surface area contributed by atoms with Gasteiger partial charge >= 0.3 is 0 Å². The van der Waals surface area contributed by atoms with Crippen molar-refractivity contribution in [2.24, 2.45) is 0 Å². The van der Waals surface area contributed by atoms with Gasteiger partial charge in [-0.3, -0.25) is 0 Å². The Morgan fingerprint density at radius 1 is 1.47 bits per heavy atom. The lowest BCUT2D eigenvalue weighted by Gasteiger charge is -2.20. The molecule has 4 heteroatoms. The van der Waals surface area contributed by atoms with Crippen molar-refractivity contribution in [3.63, 3.8) is 0 Å². The molecule has 1 aromatic heterocycles. The van der Waals surface area contributed by atoms with Crippen molar-refractivity contribution in [3.05, 3.63) is 30.9 Å². The summed E-state index contributed by atoms with van der Waals surface area (Å²) in [5.74, 6) is 0. The number of allylic oxidation sites excluding steroid dienone is 1. The molecule has 2 rings (SSSR count). The third-order valence-electron chi connectivity index (χ3n) is 3.04. The SMILES string of the molecule is CCCNC(C1=CCCC1)c1cc(Br)sc1Br. The molecule has 17 heavy (non-hydrogen) atoms. The first kappa shape index (κ1) is 13.8. The molecule has 0 radical (unpaired) electrons. The highest BCUT2D eigenvalue weighted by atomic mass is 79.9. The lowest BCUT2D eigenvalue weighted by molar-refractivity contribution is 0.578. The molecule has 94 valence electrons. The molecule has 1 unspecified atom stereocenters. The lowest BCUT2D eigenvalue weighted by Crippen LogP contribution is -2.23. The summed E-state index contributed by atoms with van der Waals surface area (Å²) in [5.41, 5.74) is 2.94. The van der Waals surface area contributed by atoms with E-state index in [2.05, 4.69) is 56.2 Å². The first-order valence-electron chi connectivity index (χ1n) is 6.09. The number of hydrogen-bond donors (Lipinski definition) is 1. The van der Waals surface area contributed by atoms with E-state index in [0.29, 0.717) is 6.04 Å². The fourth-order valence-electron chi connectivity index (χ4n) is 2.24. The van der Waals surface area contributed by atoms with E-state index in [1.165, 1.54) is 38.8 Å². The van der Waals surface area contributed by atoms with Gasteiger partial charge in [-0.25, -0.2) is 0 Å². The minimum atomic E-state index is 0.398. The van der Waals surface area contributed by atoms with E-state index in [4.69, 9.17) is 0 Å². The van der Waals surface area contributed by atoms with Gasteiger partial charge in [-0.2, -0.15) is 0 Å². The fraction of sp³-hybridized carbons (Fsp3) is 0.538. The highest BCUT2D eigenvalue weighted by Gasteiger charge is 2.22. The van der Waals surface area contributed by atoms with Crippen molar-refractivity contribution >= 4 is 43.2 Å². The molecule has 0 amide bonds. The summed E-state index contributed by atoms with van der Waals surface area (Å²) >= 11 is 9.00. The molecular weight excluding hydrogens is 362 g/mol. The molecule has 0 bridgehead atoms. The van der Waals surface area contributed by atoms with Gasteiger partial charge in [-0.15, -0.1) is 11.3 Å². The number of thiophene rings is 1. The molecule has 0 spiro atoms. The van der Waals surface area contributed by atoms with Crippen LogP contribution in [0.15, 0.2) is 25.3 Å². The van der Waals surface area contributed by atoms with Crippen LogP contribution >= 0.6 is 43.2 Å². The van der Waals surface area contributed by atoms with Gasteiger partial charge in [0, 0.05) is 0 Å². The van der Waals surface area contributed by atoms with Crippen molar-refractivity contribution in [1.29, 1.82) is 0 Å². The molecule has 1 N–H and O–H groups in total. The minimum Gasteiger partial charge on any atom is -0.306 e. The highest BCUT2D eigenvalue weighted by Crippen LogP contribution is 2.40. The van der Waals surface area contributed by atoms with E-state index < -0.39 is 0 Å². The Kier molecular flexibility index (Phi) is 5.27. The quantitative estimate of drug-likeness (QED) is 0.674. The zero-order valence-corrected chi connectivity index (χ0v) is 13.9. The molecule has 1 heterocycles. The maximum atomic E-state index is 3.68. The maximum Gasteiger partial charge on any atom is 0.0761 e. The predicted octanol–water partition coefficient (Wildman–Crippen LogP) is 5.42. The van der Waals surface area contributed by atoms with Gasteiger partial charge in [0.2, 0.25) is 0 Å². The molecular formula is C13H17Br2NS. The minimum absolute atomic E-state index is 0.398. The Morgan fingerprint density at radius 2 is 2.29 bits per heavy atom. The number of hydrogen-bond acceptors (Lipinski definition) is 2. The second-order valence-electron chi connectivity index (χ2n) is 4.34. The zero-order valence-electron chi connectivity index (χ0n) is 9.93. The van der Waals surface area contributed by atoms with Gasteiger partial charge in [0.25, 0.3) is 0 Å². The maximum absolute atomic E-state index is 3.68. The summed E-state index contributed by atoms with van der Waals surface area (Å²) in [4.78, 5) is 0. The summed E-state index contributed by atoms with van der Waals surface area (Å²) in [5, 5.41) is 3.67. The summed E-state index contributed by atoms with van der Waals surface area (Å²) in [6.07, 6.45) is 7.37. The Labute approximate surface area is 124 Å². The average molecular weight is 379 g/mol. The summed E-state index contributed by atoms with van der Waals surface area (Å²) in [7, 11) is 0. The molecule has 1 aliphatic carbocycles. The van der Waals surface area contributed by atoms with Gasteiger partial charge < -0.3 is 5.32 Å². The van der Waals surface area contributed by atoms with Crippen molar-refractivity contribution < 1.29 is 0 Å². The molecule has 1 nitrogen and oxygen atoms in total. The molecule has 1 atom stereocenters. The third-order valence-corrected chi connectivity index (χ3v) is 5.43. The Morgan fingerprint density at radius 3 is 2.82 bits per heavy atom. The summed E-state index contributed by atoms with van der Waals surface area (Å²) in [6.45, 7) is 3.29. The van der Waals surface area contributed by atoms with E-state index >= 15 is 0 Å². The van der Waals surface area contributed by atoms with Crippen LogP contribution in [0.4, 0.5) is 0 Å². The van der Waals surface area contributed by atoms with Gasteiger partial charge in [-0.1, -0.05) is 18.6 Å². The van der Waals surface area contributed by atoms with E-state index in [-0.39, 0.29) is 0 Å². The van der Waals surface area contributed by atoms with Crippen LogP contribution in [0, 0.1) is 0 Å². The molecule has 0 saturated heterocycles. The van der Waals surface area contributed by atoms with E-state index in [0.717, 1.165) is 6.54 Å².